The third-order valence-corrected chi connectivity index (χ3v) is 7.04. The van der Waals surface area contributed by atoms with E-state index in [1.807, 2.05) is 7.05 Å². The number of aromatic nitrogens is 2. The molecule has 0 radical (unpaired) electrons. The molecule has 2 aromatic carbocycles. The maximum atomic E-state index is 14.7. The highest BCUT2D eigenvalue weighted by Crippen LogP contribution is 2.29. The van der Waals surface area contributed by atoms with Gasteiger partial charge in [0.15, 0.2) is 5.16 Å². The number of carbonyl (C=O) groups is 1. The molecule has 0 spiro atoms. The van der Waals surface area contributed by atoms with Gasteiger partial charge in [0, 0.05) is 19.2 Å². The molecule has 1 atom stereocenters. The molecule has 8 heteroatoms. The Hall–Kier alpha value is -2.74. The zero-order valence-corrected chi connectivity index (χ0v) is 18.9. The van der Waals surface area contributed by atoms with Crippen molar-refractivity contribution in [3.05, 3.63) is 64.5 Å². The minimum atomic E-state index is -0.871. The SMILES string of the molecule is CC(Sc1nc2ccccc2c(=O)n1-c1ccc(F)cc1F)C(=O)N(C)C1CCCCC1. The lowest BCUT2D eigenvalue weighted by atomic mass is 9.94. The van der Waals surface area contributed by atoms with Crippen LogP contribution in [0.2, 0.25) is 0 Å². The summed E-state index contributed by atoms with van der Waals surface area (Å²) >= 11 is 1.11. The molecule has 0 saturated heterocycles. The number of fused-ring (bicyclic) bond motifs is 1. The number of nitrogens with zero attached hydrogens (tertiary/aromatic N) is 3. The first kappa shape index (κ1) is 22.5. The summed E-state index contributed by atoms with van der Waals surface area (Å²) < 4.78 is 29.3. The van der Waals surface area contributed by atoms with Crippen LogP contribution in [0, 0.1) is 11.6 Å². The van der Waals surface area contributed by atoms with Crippen LogP contribution in [-0.4, -0.2) is 38.7 Å². The quantitative estimate of drug-likeness (QED) is 0.403. The van der Waals surface area contributed by atoms with Gasteiger partial charge in [0.1, 0.15) is 11.6 Å². The molecule has 1 amide bonds. The van der Waals surface area contributed by atoms with E-state index in [2.05, 4.69) is 4.98 Å². The smallest absolute Gasteiger partial charge is 0.266 e. The minimum Gasteiger partial charge on any atom is -0.342 e. The van der Waals surface area contributed by atoms with Crippen molar-refractivity contribution >= 4 is 28.6 Å². The van der Waals surface area contributed by atoms with Gasteiger partial charge in [0.25, 0.3) is 5.56 Å². The van der Waals surface area contributed by atoms with E-state index in [0.717, 1.165) is 54.1 Å². The van der Waals surface area contributed by atoms with E-state index in [4.69, 9.17) is 0 Å². The van der Waals surface area contributed by atoms with E-state index in [-0.39, 0.29) is 22.8 Å². The highest BCUT2D eigenvalue weighted by atomic mass is 32.2. The van der Waals surface area contributed by atoms with E-state index in [1.165, 1.54) is 12.5 Å². The number of amides is 1. The molecular formula is C24H25F2N3O2S. The number of para-hydroxylation sites is 1. The number of rotatable bonds is 5. The lowest BCUT2D eigenvalue weighted by molar-refractivity contribution is -0.131. The summed E-state index contributed by atoms with van der Waals surface area (Å²) in [6.45, 7) is 1.76. The fourth-order valence-electron chi connectivity index (χ4n) is 4.21. The molecule has 1 saturated carbocycles. The topological polar surface area (TPSA) is 55.2 Å². The van der Waals surface area contributed by atoms with Crippen molar-refractivity contribution < 1.29 is 13.6 Å². The number of benzene rings is 2. The van der Waals surface area contributed by atoms with Crippen LogP contribution in [0.3, 0.4) is 0 Å². The Morgan fingerprint density at radius 2 is 1.88 bits per heavy atom. The van der Waals surface area contributed by atoms with Crippen LogP contribution >= 0.6 is 11.8 Å². The van der Waals surface area contributed by atoms with Crippen LogP contribution in [0.4, 0.5) is 8.78 Å². The molecular weight excluding hydrogens is 432 g/mol. The van der Waals surface area contributed by atoms with Crippen molar-refractivity contribution in [3.8, 4) is 5.69 Å². The summed E-state index contributed by atoms with van der Waals surface area (Å²) in [6, 6.07) is 10.0. The zero-order valence-electron chi connectivity index (χ0n) is 18.1. The molecule has 0 aliphatic heterocycles. The Balaban J connectivity index is 1.74. The number of thioether (sulfide) groups is 1. The van der Waals surface area contributed by atoms with Gasteiger partial charge in [-0.3, -0.25) is 14.2 Å². The second-order valence-electron chi connectivity index (χ2n) is 8.15. The zero-order chi connectivity index (χ0) is 22.8. The lowest BCUT2D eigenvalue weighted by Crippen LogP contribution is -2.42. The minimum absolute atomic E-state index is 0.0598. The predicted molar refractivity (Wildman–Crippen MR) is 122 cm³/mol. The van der Waals surface area contributed by atoms with Crippen molar-refractivity contribution in [1.82, 2.24) is 14.5 Å². The maximum Gasteiger partial charge on any atom is 0.266 e. The van der Waals surface area contributed by atoms with Crippen LogP contribution in [0.1, 0.15) is 39.0 Å². The van der Waals surface area contributed by atoms with Crippen molar-refractivity contribution in [3.63, 3.8) is 0 Å². The molecule has 0 bridgehead atoms. The van der Waals surface area contributed by atoms with Crippen LogP contribution in [0.15, 0.2) is 52.4 Å². The Bertz CT molecular complexity index is 1210. The Labute approximate surface area is 189 Å². The van der Waals surface area contributed by atoms with E-state index < -0.39 is 22.4 Å². The van der Waals surface area contributed by atoms with Crippen LogP contribution in [0.5, 0.6) is 0 Å². The first-order valence-electron chi connectivity index (χ1n) is 10.8. The van der Waals surface area contributed by atoms with E-state index in [1.54, 1.807) is 36.1 Å². The van der Waals surface area contributed by atoms with Crippen molar-refractivity contribution in [2.75, 3.05) is 7.05 Å². The van der Waals surface area contributed by atoms with E-state index >= 15 is 0 Å². The van der Waals surface area contributed by atoms with Crippen molar-refractivity contribution in [1.29, 1.82) is 0 Å². The van der Waals surface area contributed by atoms with E-state index in [0.29, 0.717) is 10.9 Å². The Kier molecular flexibility index (Phi) is 6.60. The molecule has 32 heavy (non-hydrogen) atoms. The van der Waals surface area contributed by atoms with Gasteiger partial charge in [-0.15, -0.1) is 0 Å². The second kappa shape index (κ2) is 9.40. The summed E-state index contributed by atoms with van der Waals surface area (Å²) in [5, 5.41) is -0.0271. The monoisotopic (exact) mass is 457 g/mol. The molecule has 1 unspecified atom stereocenters. The van der Waals surface area contributed by atoms with Gasteiger partial charge in [0.2, 0.25) is 5.91 Å². The molecule has 1 aliphatic carbocycles. The molecule has 0 N–H and O–H groups in total. The fourth-order valence-corrected chi connectivity index (χ4v) is 5.23. The standard InChI is InChI=1S/C24H25F2N3O2S/c1-15(22(30)28(2)17-8-4-3-5-9-17)32-24-27-20-11-7-6-10-18(20)23(31)29(24)21-13-12-16(25)14-19(21)26/h6-7,10-15,17H,3-5,8-9H2,1-2H3. The largest absolute Gasteiger partial charge is 0.342 e. The van der Waals surface area contributed by atoms with E-state index in [9.17, 15) is 18.4 Å². The third kappa shape index (κ3) is 4.41. The molecule has 168 valence electrons. The molecule has 4 rings (SSSR count). The van der Waals surface area contributed by atoms with Gasteiger partial charge in [-0.1, -0.05) is 43.2 Å². The number of hydrogen-bond donors (Lipinski definition) is 0. The second-order valence-corrected chi connectivity index (χ2v) is 9.46. The Morgan fingerprint density at radius 3 is 2.59 bits per heavy atom. The average molecular weight is 458 g/mol. The Morgan fingerprint density at radius 1 is 1.16 bits per heavy atom. The van der Waals surface area contributed by atoms with Crippen molar-refractivity contribution in [2.24, 2.45) is 0 Å². The average Bonchev–Trinajstić information content (AvgIpc) is 2.80. The highest BCUT2D eigenvalue weighted by Gasteiger charge is 2.28. The van der Waals surface area contributed by atoms with Gasteiger partial charge in [-0.25, -0.2) is 13.8 Å². The predicted octanol–water partition coefficient (Wildman–Crippen LogP) is 4.94. The number of carbonyl (C=O) groups excluding carboxylic acids is 1. The molecule has 5 nitrogen and oxygen atoms in total. The summed E-state index contributed by atoms with van der Waals surface area (Å²) in [5.41, 5.74) is -0.111. The van der Waals surface area contributed by atoms with Gasteiger partial charge in [-0.2, -0.15) is 0 Å². The summed E-state index contributed by atoms with van der Waals surface area (Å²) in [5.74, 6) is -1.67. The van der Waals surface area contributed by atoms with Gasteiger partial charge in [0.05, 0.1) is 21.8 Å². The first-order chi connectivity index (χ1) is 15.4. The maximum absolute atomic E-state index is 14.7. The summed E-state index contributed by atoms with van der Waals surface area (Å²) in [7, 11) is 1.82. The van der Waals surface area contributed by atoms with Gasteiger partial charge in [-0.05, 0) is 44.0 Å². The first-order valence-corrected chi connectivity index (χ1v) is 11.7. The number of halogens is 2. The lowest BCUT2D eigenvalue weighted by Gasteiger charge is -2.32. The molecule has 1 aliphatic rings. The molecule has 1 fully saturated rings. The van der Waals surface area contributed by atoms with Crippen LogP contribution < -0.4 is 5.56 Å². The summed E-state index contributed by atoms with van der Waals surface area (Å²) in [6.07, 6.45) is 5.39. The normalized spacial score (nSPS) is 15.6. The number of hydrogen-bond acceptors (Lipinski definition) is 4. The van der Waals surface area contributed by atoms with Gasteiger partial charge >= 0.3 is 0 Å². The molecule has 3 aromatic rings. The third-order valence-electron chi connectivity index (χ3n) is 6.00. The van der Waals surface area contributed by atoms with Crippen molar-refractivity contribution in [2.45, 2.75) is 55.5 Å². The van der Waals surface area contributed by atoms with Gasteiger partial charge < -0.3 is 4.90 Å². The van der Waals surface area contributed by atoms with Crippen LogP contribution in [-0.2, 0) is 4.79 Å². The highest BCUT2D eigenvalue weighted by molar-refractivity contribution is 8.00. The molecule has 1 aromatic heterocycles. The summed E-state index contributed by atoms with van der Waals surface area (Å²) in [4.78, 5) is 32.7. The fraction of sp³-hybridized carbons (Fsp3) is 0.375. The molecule has 1 heterocycles. The van der Waals surface area contributed by atoms with Crippen LogP contribution in [0.25, 0.3) is 16.6 Å².